The van der Waals surface area contributed by atoms with Gasteiger partial charge < -0.3 is 4.74 Å². The standard InChI is InChI=1S/C11H22O2.Y/c1-5-7-8-10(6-2)11(12)13-9(3)4;/h9-10H,5-8H2,1-4H3;. The van der Waals surface area contributed by atoms with Gasteiger partial charge in [0.15, 0.2) is 0 Å². The van der Waals surface area contributed by atoms with E-state index in [4.69, 9.17) is 4.74 Å². The van der Waals surface area contributed by atoms with E-state index in [1.807, 2.05) is 20.8 Å². The largest absolute Gasteiger partial charge is 0.463 e. The van der Waals surface area contributed by atoms with Crippen LogP contribution in [0.15, 0.2) is 0 Å². The van der Waals surface area contributed by atoms with E-state index in [1.165, 1.54) is 0 Å². The Hall–Kier alpha value is 0.574. The molecule has 0 rings (SSSR count). The minimum Gasteiger partial charge on any atom is -0.463 e. The van der Waals surface area contributed by atoms with Gasteiger partial charge in [0.1, 0.15) is 0 Å². The second kappa shape index (κ2) is 10.1. The summed E-state index contributed by atoms with van der Waals surface area (Å²) in [6, 6.07) is 0. The Labute approximate surface area is 113 Å². The van der Waals surface area contributed by atoms with E-state index < -0.39 is 0 Å². The van der Waals surface area contributed by atoms with Gasteiger partial charge in [-0.05, 0) is 26.7 Å². The number of hydrogen-bond acceptors (Lipinski definition) is 2. The zero-order valence-electron chi connectivity index (χ0n) is 9.88. The number of ether oxygens (including phenoxy) is 1. The van der Waals surface area contributed by atoms with E-state index in [0.717, 1.165) is 25.7 Å². The van der Waals surface area contributed by atoms with Crippen LogP contribution < -0.4 is 0 Å². The van der Waals surface area contributed by atoms with Gasteiger partial charge in [-0.15, -0.1) is 0 Å². The Kier molecular flexibility index (Phi) is 12.3. The predicted molar refractivity (Wildman–Crippen MR) is 54.5 cm³/mol. The van der Waals surface area contributed by atoms with Crippen LogP contribution in [0.4, 0.5) is 0 Å². The summed E-state index contributed by atoms with van der Waals surface area (Å²) in [5.41, 5.74) is 0. The fourth-order valence-electron chi connectivity index (χ4n) is 1.27. The van der Waals surface area contributed by atoms with Crippen molar-refractivity contribution >= 4 is 5.97 Å². The van der Waals surface area contributed by atoms with Gasteiger partial charge in [0.05, 0.1) is 12.0 Å². The number of hydrogen-bond donors (Lipinski definition) is 0. The molecule has 3 heteroatoms. The molecule has 0 aliphatic heterocycles. The summed E-state index contributed by atoms with van der Waals surface area (Å²) in [4.78, 5) is 11.5. The molecule has 0 fully saturated rings. The first kappa shape index (κ1) is 17.0. The number of carbonyl (C=O) groups excluding carboxylic acids is 1. The molecule has 0 N–H and O–H groups in total. The minimum absolute atomic E-state index is 0. The van der Waals surface area contributed by atoms with Gasteiger partial charge in [-0.25, -0.2) is 0 Å². The molecule has 0 amide bonds. The van der Waals surface area contributed by atoms with Gasteiger partial charge in [-0.3, -0.25) is 4.79 Å². The van der Waals surface area contributed by atoms with Crippen molar-refractivity contribution in [1.29, 1.82) is 0 Å². The molecule has 0 spiro atoms. The first-order valence-corrected chi connectivity index (χ1v) is 5.32. The van der Waals surface area contributed by atoms with Crippen LogP contribution in [0, 0.1) is 5.92 Å². The number of rotatable bonds is 6. The fourth-order valence-corrected chi connectivity index (χ4v) is 1.27. The van der Waals surface area contributed by atoms with Crippen molar-refractivity contribution in [2.24, 2.45) is 5.92 Å². The van der Waals surface area contributed by atoms with E-state index in [2.05, 4.69) is 6.92 Å². The third-order valence-corrected chi connectivity index (χ3v) is 2.08. The molecular formula is C11H22O2Y. The van der Waals surface area contributed by atoms with Gasteiger partial charge in [0, 0.05) is 32.7 Å². The predicted octanol–water partition coefficient (Wildman–Crippen LogP) is 3.15. The summed E-state index contributed by atoms with van der Waals surface area (Å²) >= 11 is 0. The molecule has 0 heterocycles. The van der Waals surface area contributed by atoms with Crippen LogP contribution in [0.3, 0.4) is 0 Å². The Morgan fingerprint density at radius 1 is 1.29 bits per heavy atom. The molecule has 0 aliphatic carbocycles. The number of esters is 1. The van der Waals surface area contributed by atoms with Crippen molar-refractivity contribution in [3.05, 3.63) is 0 Å². The summed E-state index contributed by atoms with van der Waals surface area (Å²) in [5.74, 6) is 0.0910. The van der Waals surface area contributed by atoms with E-state index in [1.54, 1.807) is 0 Å². The normalized spacial score (nSPS) is 12.1. The monoisotopic (exact) mass is 275 g/mol. The molecule has 0 saturated heterocycles. The third kappa shape index (κ3) is 7.93. The van der Waals surface area contributed by atoms with Crippen LogP contribution >= 0.6 is 0 Å². The van der Waals surface area contributed by atoms with Gasteiger partial charge >= 0.3 is 5.97 Å². The second-order valence-electron chi connectivity index (χ2n) is 3.73. The van der Waals surface area contributed by atoms with Crippen molar-refractivity contribution in [3.63, 3.8) is 0 Å². The van der Waals surface area contributed by atoms with Crippen molar-refractivity contribution in [3.8, 4) is 0 Å². The summed E-state index contributed by atoms with van der Waals surface area (Å²) in [6.45, 7) is 7.97. The molecule has 1 atom stereocenters. The Bertz CT molecular complexity index is 146. The minimum atomic E-state index is -0.0223. The molecule has 0 aromatic carbocycles. The number of carbonyl (C=O) groups is 1. The maximum atomic E-state index is 11.5. The van der Waals surface area contributed by atoms with Crippen LogP contribution in [-0.2, 0) is 42.2 Å². The van der Waals surface area contributed by atoms with Crippen LogP contribution in [0.5, 0.6) is 0 Å². The van der Waals surface area contributed by atoms with Crippen LogP contribution in [0.1, 0.15) is 53.4 Å². The molecular weight excluding hydrogens is 253 g/mol. The van der Waals surface area contributed by atoms with E-state index in [9.17, 15) is 4.79 Å². The maximum absolute atomic E-state index is 11.5. The average molecular weight is 275 g/mol. The quantitative estimate of drug-likeness (QED) is 0.696. The molecule has 14 heavy (non-hydrogen) atoms. The van der Waals surface area contributed by atoms with Crippen molar-refractivity contribution in [2.75, 3.05) is 0 Å². The summed E-state index contributed by atoms with van der Waals surface area (Å²) < 4.78 is 5.16. The van der Waals surface area contributed by atoms with Gasteiger partial charge in [0.2, 0.25) is 0 Å². The first-order valence-electron chi connectivity index (χ1n) is 5.32. The zero-order chi connectivity index (χ0) is 10.3. The van der Waals surface area contributed by atoms with Gasteiger partial charge in [0.25, 0.3) is 0 Å². The van der Waals surface area contributed by atoms with Crippen LogP contribution in [0.2, 0.25) is 0 Å². The van der Waals surface area contributed by atoms with E-state index >= 15 is 0 Å². The smallest absolute Gasteiger partial charge is 0.309 e. The first-order chi connectivity index (χ1) is 6.11. The molecule has 1 unspecified atom stereocenters. The SMILES string of the molecule is CCCCC(CC)C(=O)OC(C)C.[Y]. The van der Waals surface area contributed by atoms with Crippen molar-refractivity contribution < 1.29 is 42.2 Å². The molecule has 0 aliphatic rings. The molecule has 0 bridgehead atoms. The Balaban J connectivity index is 0. The Morgan fingerprint density at radius 2 is 1.86 bits per heavy atom. The van der Waals surface area contributed by atoms with Gasteiger partial charge in [-0.2, -0.15) is 0 Å². The fraction of sp³-hybridized carbons (Fsp3) is 0.909. The third-order valence-electron chi connectivity index (χ3n) is 2.08. The summed E-state index contributed by atoms with van der Waals surface area (Å²) in [7, 11) is 0. The van der Waals surface area contributed by atoms with Gasteiger partial charge in [-0.1, -0.05) is 26.7 Å². The molecule has 0 aromatic rings. The van der Waals surface area contributed by atoms with Crippen LogP contribution in [0.25, 0.3) is 0 Å². The Morgan fingerprint density at radius 3 is 2.21 bits per heavy atom. The second-order valence-corrected chi connectivity index (χ2v) is 3.73. The van der Waals surface area contributed by atoms with Crippen molar-refractivity contribution in [2.45, 2.75) is 59.5 Å². The molecule has 81 valence electrons. The molecule has 2 nitrogen and oxygen atoms in total. The maximum Gasteiger partial charge on any atom is 0.309 e. The summed E-state index contributed by atoms with van der Waals surface area (Å²) in [6.07, 6.45) is 4.14. The van der Waals surface area contributed by atoms with Crippen molar-refractivity contribution in [1.82, 2.24) is 0 Å². The van der Waals surface area contributed by atoms with E-state index in [-0.39, 0.29) is 50.7 Å². The number of unbranched alkanes of at least 4 members (excludes halogenated alkanes) is 1. The average Bonchev–Trinajstić information content (AvgIpc) is 2.04. The summed E-state index contributed by atoms with van der Waals surface area (Å²) in [5, 5.41) is 0. The topological polar surface area (TPSA) is 26.3 Å². The van der Waals surface area contributed by atoms with E-state index in [0.29, 0.717) is 0 Å². The molecule has 0 aromatic heterocycles. The zero-order valence-corrected chi connectivity index (χ0v) is 12.7. The molecule has 0 saturated carbocycles. The molecule has 1 radical (unpaired) electrons. The van der Waals surface area contributed by atoms with Crippen LogP contribution in [-0.4, -0.2) is 12.1 Å².